The molecule has 0 spiro atoms. The molecule has 3 heteroatoms. The quantitative estimate of drug-likeness (QED) is 0.836. The summed E-state index contributed by atoms with van der Waals surface area (Å²) in [5.41, 5.74) is 1.11. The lowest BCUT2D eigenvalue weighted by Crippen LogP contribution is -2.45. The molecule has 118 valence electrons. The van der Waals surface area contributed by atoms with E-state index in [-0.39, 0.29) is 0 Å². The van der Waals surface area contributed by atoms with Crippen molar-refractivity contribution >= 4 is 0 Å². The Bertz CT molecular complexity index is 427. The first-order valence-corrected chi connectivity index (χ1v) is 8.20. The zero-order valence-corrected chi connectivity index (χ0v) is 13.6. The molecule has 1 fully saturated rings. The maximum absolute atomic E-state index is 10.3. The Balaban J connectivity index is 1.84. The van der Waals surface area contributed by atoms with Crippen molar-refractivity contribution in [3.8, 4) is 5.75 Å². The van der Waals surface area contributed by atoms with Gasteiger partial charge < -0.3 is 9.84 Å². The molecule has 0 aliphatic heterocycles. The Morgan fingerprint density at radius 1 is 1.24 bits per heavy atom. The molecule has 0 amide bonds. The molecule has 0 saturated heterocycles. The fourth-order valence-corrected chi connectivity index (χ4v) is 3.22. The van der Waals surface area contributed by atoms with Gasteiger partial charge in [0.1, 0.15) is 18.5 Å². The van der Waals surface area contributed by atoms with Gasteiger partial charge in [-0.3, -0.25) is 4.90 Å². The van der Waals surface area contributed by atoms with Crippen molar-refractivity contribution in [2.24, 2.45) is 0 Å². The predicted octanol–water partition coefficient (Wildman–Crippen LogP) is 3.39. The fraction of sp³-hybridized carbons (Fsp3) is 0.667. The van der Waals surface area contributed by atoms with Crippen LogP contribution in [-0.4, -0.2) is 41.3 Å². The Hall–Kier alpha value is -1.06. The molecule has 1 aromatic carbocycles. The van der Waals surface area contributed by atoms with Crippen LogP contribution in [0.2, 0.25) is 0 Å². The second-order valence-electron chi connectivity index (χ2n) is 6.46. The standard InChI is InChI=1S/C18H29NO2/c1-14(2)19(16-9-5-6-10-16)12-17(20)13-21-18-11-7-4-8-15(18)3/h4,7-8,11,14,16-17,20H,5-6,9-10,12-13H2,1-3H3. The summed E-state index contributed by atoms with van der Waals surface area (Å²) in [7, 11) is 0. The second-order valence-corrected chi connectivity index (χ2v) is 6.46. The Labute approximate surface area is 128 Å². The maximum Gasteiger partial charge on any atom is 0.122 e. The molecule has 1 unspecified atom stereocenters. The molecule has 3 nitrogen and oxygen atoms in total. The SMILES string of the molecule is Cc1ccccc1OCC(O)CN(C(C)C)C1CCCC1. The molecule has 2 rings (SSSR count). The van der Waals surface area contributed by atoms with Crippen LogP contribution < -0.4 is 4.74 Å². The van der Waals surface area contributed by atoms with Gasteiger partial charge in [-0.05, 0) is 45.2 Å². The first-order valence-electron chi connectivity index (χ1n) is 8.20. The molecule has 1 aromatic rings. The lowest BCUT2D eigenvalue weighted by atomic mass is 10.1. The van der Waals surface area contributed by atoms with E-state index in [9.17, 15) is 5.11 Å². The van der Waals surface area contributed by atoms with Crippen molar-refractivity contribution < 1.29 is 9.84 Å². The number of benzene rings is 1. The molecule has 21 heavy (non-hydrogen) atoms. The van der Waals surface area contributed by atoms with Gasteiger partial charge in [-0.1, -0.05) is 31.0 Å². The number of para-hydroxylation sites is 1. The van der Waals surface area contributed by atoms with Crippen molar-refractivity contribution in [2.45, 2.75) is 64.6 Å². The zero-order valence-electron chi connectivity index (χ0n) is 13.6. The fourth-order valence-electron chi connectivity index (χ4n) is 3.22. The lowest BCUT2D eigenvalue weighted by molar-refractivity contribution is 0.0387. The van der Waals surface area contributed by atoms with Gasteiger partial charge in [0.25, 0.3) is 0 Å². The first kappa shape index (κ1) is 16.3. The van der Waals surface area contributed by atoms with E-state index >= 15 is 0 Å². The molecular weight excluding hydrogens is 262 g/mol. The molecule has 1 N–H and O–H groups in total. The Kier molecular flexibility index (Phi) is 6.07. The molecule has 0 aromatic heterocycles. The normalized spacial score (nSPS) is 17.6. The Morgan fingerprint density at radius 3 is 2.52 bits per heavy atom. The summed E-state index contributed by atoms with van der Waals surface area (Å²) in [6.07, 6.45) is 4.74. The number of hydrogen-bond acceptors (Lipinski definition) is 3. The molecule has 0 bridgehead atoms. The second kappa shape index (κ2) is 7.81. The molecule has 1 saturated carbocycles. The minimum Gasteiger partial charge on any atom is -0.491 e. The molecule has 1 aliphatic carbocycles. The van der Waals surface area contributed by atoms with E-state index in [4.69, 9.17) is 4.74 Å². The first-order chi connectivity index (χ1) is 10.1. The summed E-state index contributed by atoms with van der Waals surface area (Å²) < 4.78 is 5.77. The number of ether oxygens (including phenoxy) is 1. The topological polar surface area (TPSA) is 32.7 Å². The van der Waals surface area contributed by atoms with Crippen molar-refractivity contribution in [2.75, 3.05) is 13.2 Å². The number of hydrogen-bond donors (Lipinski definition) is 1. The van der Waals surface area contributed by atoms with Crippen LogP contribution in [0.4, 0.5) is 0 Å². The van der Waals surface area contributed by atoms with E-state index in [0.29, 0.717) is 25.2 Å². The number of nitrogens with zero attached hydrogens (tertiary/aromatic N) is 1. The number of aliphatic hydroxyl groups excluding tert-OH is 1. The number of rotatable bonds is 7. The molecular formula is C18H29NO2. The van der Waals surface area contributed by atoms with Gasteiger partial charge in [-0.15, -0.1) is 0 Å². The van der Waals surface area contributed by atoms with Gasteiger partial charge in [0.2, 0.25) is 0 Å². The monoisotopic (exact) mass is 291 g/mol. The molecule has 1 aliphatic rings. The highest BCUT2D eigenvalue weighted by molar-refractivity contribution is 5.31. The minimum atomic E-state index is -0.437. The molecule has 1 atom stereocenters. The van der Waals surface area contributed by atoms with E-state index < -0.39 is 6.10 Å². The highest BCUT2D eigenvalue weighted by Gasteiger charge is 2.26. The third kappa shape index (κ3) is 4.72. The average Bonchev–Trinajstić information content (AvgIpc) is 2.97. The van der Waals surface area contributed by atoms with Crippen molar-refractivity contribution in [3.05, 3.63) is 29.8 Å². The van der Waals surface area contributed by atoms with Gasteiger partial charge in [0, 0.05) is 18.6 Å². The average molecular weight is 291 g/mol. The van der Waals surface area contributed by atoms with Gasteiger partial charge in [0.15, 0.2) is 0 Å². The van der Waals surface area contributed by atoms with Crippen LogP contribution in [0.5, 0.6) is 5.75 Å². The summed E-state index contributed by atoms with van der Waals surface area (Å²) >= 11 is 0. The van der Waals surface area contributed by atoms with E-state index in [2.05, 4.69) is 18.7 Å². The van der Waals surface area contributed by atoms with Crippen molar-refractivity contribution in [3.63, 3.8) is 0 Å². The third-order valence-corrected chi connectivity index (χ3v) is 4.40. The third-order valence-electron chi connectivity index (χ3n) is 4.40. The van der Waals surface area contributed by atoms with Crippen LogP contribution in [0.25, 0.3) is 0 Å². The van der Waals surface area contributed by atoms with E-state index in [1.165, 1.54) is 25.7 Å². The summed E-state index contributed by atoms with van der Waals surface area (Å²) in [5.74, 6) is 0.869. The number of aliphatic hydroxyl groups is 1. The smallest absolute Gasteiger partial charge is 0.122 e. The van der Waals surface area contributed by atoms with Gasteiger partial charge in [-0.2, -0.15) is 0 Å². The summed E-state index contributed by atoms with van der Waals surface area (Å²) in [5, 5.41) is 10.3. The summed E-state index contributed by atoms with van der Waals surface area (Å²) in [6.45, 7) is 7.52. The highest BCUT2D eigenvalue weighted by atomic mass is 16.5. The zero-order chi connectivity index (χ0) is 15.2. The lowest BCUT2D eigenvalue weighted by Gasteiger charge is -2.34. The summed E-state index contributed by atoms with van der Waals surface area (Å²) in [6, 6.07) is 9.06. The molecule has 0 radical (unpaired) electrons. The maximum atomic E-state index is 10.3. The van der Waals surface area contributed by atoms with Crippen molar-refractivity contribution in [1.82, 2.24) is 4.90 Å². The summed E-state index contributed by atoms with van der Waals surface area (Å²) in [4.78, 5) is 2.44. The van der Waals surface area contributed by atoms with Crippen LogP contribution in [0.1, 0.15) is 45.1 Å². The van der Waals surface area contributed by atoms with E-state index in [1.807, 2.05) is 31.2 Å². The predicted molar refractivity (Wildman–Crippen MR) is 86.8 cm³/mol. The van der Waals surface area contributed by atoms with E-state index in [0.717, 1.165) is 11.3 Å². The Morgan fingerprint density at radius 2 is 1.90 bits per heavy atom. The van der Waals surface area contributed by atoms with Crippen LogP contribution in [0.15, 0.2) is 24.3 Å². The van der Waals surface area contributed by atoms with Crippen LogP contribution in [0, 0.1) is 6.92 Å². The van der Waals surface area contributed by atoms with Crippen LogP contribution in [-0.2, 0) is 0 Å². The van der Waals surface area contributed by atoms with Gasteiger partial charge >= 0.3 is 0 Å². The number of aryl methyl sites for hydroxylation is 1. The van der Waals surface area contributed by atoms with Crippen LogP contribution >= 0.6 is 0 Å². The van der Waals surface area contributed by atoms with Crippen LogP contribution in [0.3, 0.4) is 0 Å². The van der Waals surface area contributed by atoms with Gasteiger partial charge in [-0.25, -0.2) is 0 Å². The minimum absolute atomic E-state index is 0.362. The highest BCUT2D eigenvalue weighted by Crippen LogP contribution is 2.25. The molecule has 0 heterocycles. The van der Waals surface area contributed by atoms with Crippen molar-refractivity contribution in [1.29, 1.82) is 0 Å². The van der Waals surface area contributed by atoms with E-state index in [1.54, 1.807) is 0 Å². The van der Waals surface area contributed by atoms with Gasteiger partial charge in [0.05, 0.1) is 0 Å². The largest absolute Gasteiger partial charge is 0.491 e.